The van der Waals surface area contributed by atoms with Crippen molar-refractivity contribution in [2.75, 3.05) is 13.1 Å². The highest BCUT2D eigenvalue weighted by Gasteiger charge is 2.05. The van der Waals surface area contributed by atoms with E-state index >= 15 is 0 Å². The Bertz CT molecular complexity index is 636. The Morgan fingerprint density at radius 1 is 1.04 bits per heavy atom. The molecule has 3 N–H and O–H groups in total. The first-order valence-electron chi connectivity index (χ1n) is 8.41. The Balaban J connectivity index is 1.62. The Morgan fingerprint density at radius 2 is 1.71 bits per heavy atom. The van der Waals surface area contributed by atoms with Crippen molar-refractivity contribution in [1.29, 1.82) is 0 Å². The molecule has 1 unspecified atom stereocenters. The van der Waals surface area contributed by atoms with Gasteiger partial charge in [-0.05, 0) is 56.5 Å². The molecule has 2 rings (SSSR count). The van der Waals surface area contributed by atoms with Gasteiger partial charge in [0.25, 0.3) is 5.91 Å². The first kappa shape index (κ1) is 18.0. The summed E-state index contributed by atoms with van der Waals surface area (Å²) in [5, 5.41) is 15.6. The van der Waals surface area contributed by atoms with Gasteiger partial charge in [0.15, 0.2) is 0 Å². The Morgan fingerprint density at radius 3 is 2.38 bits per heavy atom. The van der Waals surface area contributed by atoms with E-state index in [9.17, 15) is 9.90 Å². The molecule has 24 heavy (non-hydrogen) atoms. The number of carbonyl (C=O) groups excluding carboxylic acids is 1. The molecule has 1 atom stereocenters. The fourth-order valence-electron chi connectivity index (χ4n) is 2.45. The molecule has 1 amide bonds. The number of phenolic OH excluding ortho intramolecular Hbond substituents is 1. The third-order valence-corrected chi connectivity index (χ3v) is 4.02. The zero-order chi connectivity index (χ0) is 17.4. The second-order valence-corrected chi connectivity index (χ2v) is 6.18. The lowest BCUT2D eigenvalue weighted by atomic mass is 10.1. The molecule has 0 aliphatic carbocycles. The molecule has 2 aromatic carbocycles. The van der Waals surface area contributed by atoms with Gasteiger partial charge in [0.2, 0.25) is 0 Å². The molecule has 0 aromatic heterocycles. The monoisotopic (exact) mass is 326 g/mol. The van der Waals surface area contributed by atoms with Gasteiger partial charge in [0.05, 0.1) is 0 Å². The van der Waals surface area contributed by atoms with Crippen molar-refractivity contribution in [2.45, 2.75) is 32.7 Å². The lowest BCUT2D eigenvalue weighted by Crippen LogP contribution is -2.36. The lowest BCUT2D eigenvalue weighted by molar-refractivity contribution is 0.0953. The number of benzene rings is 2. The maximum absolute atomic E-state index is 12.0. The molecular formula is C20H26N2O2. The average Bonchev–Trinajstić information content (AvgIpc) is 2.58. The van der Waals surface area contributed by atoms with Gasteiger partial charge in [-0.3, -0.25) is 4.79 Å². The Kier molecular flexibility index (Phi) is 6.82. The number of rotatable bonds is 8. The molecule has 0 fully saturated rings. The lowest BCUT2D eigenvalue weighted by Gasteiger charge is -2.14. The third kappa shape index (κ3) is 6.05. The van der Waals surface area contributed by atoms with Crippen LogP contribution in [0.5, 0.6) is 5.75 Å². The summed E-state index contributed by atoms with van der Waals surface area (Å²) in [4.78, 5) is 12.0. The quantitative estimate of drug-likeness (QED) is 0.654. The summed E-state index contributed by atoms with van der Waals surface area (Å²) in [6.45, 7) is 5.50. The van der Waals surface area contributed by atoms with Crippen LogP contribution in [0.3, 0.4) is 0 Å². The SMILES string of the molecule is Cc1ccc(C(=O)NCCNC(C)CCc2ccc(O)cc2)cc1. The highest BCUT2D eigenvalue weighted by atomic mass is 16.3. The van der Waals surface area contributed by atoms with E-state index in [2.05, 4.69) is 17.6 Å². The third-order valence-electron chi connectivity index (χ3n) is 4.02. The number of aryl methyl sites for hydroxylation is 2. The van der Waals surface area contributed by atoms with Crippen LogP contribution >= 0.6 is 0 Å². The minimum Gasteiger partial charge on any atom is -0.508 e. The summed E-state index contributed by atoms with van der Waals surface area (Å²) in [6.07, 6.45) is 1.97. The van der Waals surface area contributed by atoms with E-state index < -0.39 is 0 Å². The predicted octanol–water partition coefficient (Wildman–Crippen LogP) is 3.04. The van der Waals surface area contributed by atoms with Crippen molar-refractivity contribution in [3.05, 3.63) is 65.2 Å². The van der Waals surface area contributed by atoms with Gasteiger partial charge in [0.1, 0.15) is 5.75 Å². The summed E-state index contributed by atoms with van der Waals surface area (Å²) >= 11 is 0. The number of hydrogen-bond donors (Lipinski definition) is 3. The van der Waals surface area contributed by atoms with E-state index in [1.54, 1.807) is 12.1 Å². The first-order valence-corrected chi connectivity index (χ1v) is 8.41. The second-order valence-electron chi connectivity index (χ2n) is 6.18. The number of hydrogen-bond acceptors (Lipinski definition) is 3. The normalized spacial score (nSPS) is 11.9. The number of nitrogens with one attached hydrogen (secondary N) is 2. The van der Waals surface area contributed by atoms with Crippen LogP contribution in [0.2, 0.25) is 0 Å². The molecule has 0 bridgehead atoms. The van der Waals surface area contributed by atoms with Crippen molar-refractivity contribution in [3.8, 4) is 5.75 Å². The van der Waals surface area contributed by atoms with Crippen LogP contribution in [0.1, 0.15) is 34.8 Å². The highest BCUT2D eigenvalue weighted by molar-refractivity contribution is 5.94. The molecule has 128 valence electrons. The van der Waals surface area contributed by atoms with Crippen molar-refractivity contribution < 1.29 is 9.90 Å². The summed E-state index contributed by atoms with van der Waals surface area (Å²) in [6, 6.07) is 15.3. The molecule has 0 saturated carbocycles. The van der Waals surface area contributed by atoms with E-state index in [0.717, 1.165) is 24.9 Å². The van der Waals surface area contributed by atoms with Crippen LogP contribution in [-0.2, 0) is 6.42 Å². The average molecular weight is 326 g/mol. The molecule has 0 aliphatic rings. The second kappa shape index (κ2) is 9.08. The molecule has 4 nitrogen and oxygen atoms in total. The minimum absolute atomic E-state index is 0.0338. The van der Waals surface area contributed by atoms with Gasteiger partial charge in [-0.2, -0.15) is 0 Å². The van der Waals surface area contributed by atoms with Gasteiger partial charge in [-0.15, -0.1) is 0 Å². The fourth-order valence-corrected chi connectivity index (χ4v) is 2.45. The zero-order valence-electron chi connectivity index (χ0n) is 14.4. The molecule has 0 aliphatic heterocycles. The Hall–Kier alpha value is -2.33. The van der Waals surface area contributed by atoms with Crippen molar-refractivity contribution in [3.63, 3.8) is 0 Å². The molecular weight excluding hydrogens is 300 g/mol. The van der Waals surface area contributed by atoms with Crippen molar-refractivity contribution in [2.24, 2.45) is 0 Å². The number of aromatic hydroxyl groups is 1. The maximum Gasteiger partial charge on any atom is 0.251 e. The van der Waals surface area contributed by atoms with Crippen molar-refractivity contribution in [1.82, 2.24) is 10.6 Å². The molecule has 0 spiro atoms. The van der Waals surface area contributed by atoms with Gasteiger partial charge < -0.3 is 15.7 Å². The molecule has 0 saturated heterocycles. The van der Waals surface area contributed by atoms with Gasteiger partial charge >= 0.3 is 0 Å². The predicted molar refractivity (Wildman–Crippen MR) is 97.4 cm³/mol. The summed E-state index contributed by atoms with van der Waals surface area (Å²) in [5.74, 6) is 0.266. The molecule has 0 radical (unpaired) electrons. The fraction of sp³-hybridized carbons (Fsp3) is 0.350. The van der Waals surface area contributed by atoms with E-state index in [1.165, 1.54) is 5.56 Å². The van der Waals surface area contributed by atoms with Crippen LogP contribution in [0.4, 0.5) is 0 Å². The van der Waals surface area contributed by atoms with E-state index in [-0.39, 0.29) is 5.91 Å². The van der Waals surface area contributed by atoms with Crippen LogP contribution < -0.4 is 10.6 Å². The van der Waals surface area contributed by atoms with Gasteiger partial charge in [-0.25, -0.2) is 0 Å². The van der Waals surface area contributed by atoms with Crippen molar-refractivity contribution >= 4 is 5.91 Å². The van der Waals surface area contributed by atoms with E-state index in [4.69, 9.17) is 0 Å². The summed E-state index contributed by atoms with van der Waals surface area (Å²) in [5.41, 5.74) is 3.06. The molecule has 4 heteroatoms. The number of phenols is 1. The van der Waals surface area contributed by atoms with Gasteiger partial charge in [0, 0.05) is 24.7 Å². The van der Waals surface area contributed by atoms with E-state index in [0.29, 0.717) is 23.9 Å². The maximum atomic E-state index is 12.0. The summed E-state index contributed by atoms with van der Waals surface area (Å²) in [7, 11) is 0. The zero-order valence-corrected chi connectivity index (χ0v) is 14.4. The number of amides is 1. The standard InChI is InChI=1S/C20H26N2O2/c1-15-3-9-18(10-4-15)20(24)22-14-13-21-16(2)5-6-17-7-11-19(23)12-8-17/h3-4,7-12,16,21,23H,5-6,13-14H2,1-2H3,(H,22,24). The minimum atomic E-state index is -0.0338. The molecule has 2 aromatic rings. The van der Waals surface area contributed by atoms with Crippen LogP contribution in [0, 0.1) is 6.92 Å². The number of carbonyl (C=O) groups is 1. The molecule has 0 heterocycles. The Labute approximate surface area is 143 Å². The first-order chi connectivity index (χ1) is 11.5. The topological polar surface area (TPSA) is 61.4 Å². The smallest absolute Gasteiger partial charge is 0.251 e. The largest absolute Gasteiger partial charge is 0.508 e. The summed E-state index contributed by atoms with van der Waals surface area (Å²) < 4.78 is 0. The van der Waals surface area contributed by atoms with Gasteiger partial charge in [-0.1, -0.05) is 29.8 Å². The van der Waals surface area contributed by atoms with Crippen LogP contribution in [0.15, 0.2) is 48.5 Å². The van der Waals surface area contributed by atoms with Crippen LogP contribution in [0.25, 0.3) is 0 Å². The van der Waals surface area contributed by atoms with Crippen LogP contribution in [-0.4, -0.2) is 30.1 Å². The van der Waals surface area contributed by atoms with E-state index in [1.807, 2.05) is 43.3 Å². The highest BCUT2D eigenvalue weighted by Crippen LogP contribution is 2.11.